The minimum absolute atomic E-state index is 0.240. The van der Waals surface area contributed by atoms with Crippen molar-refractivity contribution in [2.24, 2.45) is 11.7 Å². The van der Waals surface area contributed by atoms with Crippen molar-refractivity contribution in [1.29, 1.82) is 0 Å². The molecule has 0 bridgehead atoms. The number of nitrogens with two attached hydrogens (primary N) is 1. The molecule has 0 spiro atoms. The van der Waals surface area contributed by atoms with Crippen LogP contribution in [0.15, 0.2) is 18.2 Å². The highest BCUT2D eigenvalue weighted by Gasteiger charge is 2.34. The molecule has 2 N–H and O–H groups in total. The van der Waals surface area contributed by atoms with Crippen molar-refractivity contribution in [1.82, 2.24) is 4.90 Å². The lowest BCUT2D eigenvalue weighted by molar-refractivity contribution is -0.135. The van der Waals surface area contributed by atoms with E-state index in [1.807, 2.05) is 6.92 Å². The predicted molar refractivity (Wildman–Crippen MR) is 101 cm³/mol. The van der Waals surface area contributed by atoms with Crippen LogP contribution in [0.3, 0.4) is 0 Å². The van der Waals surface area contributed by atoms with Gasteiger partial charge in [-0.15, -0.1) is 0 Å². The Bertz CT molecular complexity index is 804. The van der Waals surface area contributed by atoms with Crippen LogP contribution in [-0.4, -0.2) is 50.5 Å². The van der Waals surface area contributed by atoms with Gasteiger partial charge >= 0.3 is 0 Å². The van der Waals surface area contributed by atoms with Gasteiger partial charge in [-0.05, 0) is 44.4 Å². The Morgan fingerprint density at radius 3 is 2.35 bits per heavy atom. The lowest BCUT2D eigenvalue weighted by atomic mass is 9.96. The zero-order valence-corrected chi connectivity index (χ0v) is 16.7. The molecule has 0 aliphatic carbocycles. The fraction of sp³-hybridized carbons (Fsp3) is 0.529. The summed E-state index contributed by atoms with van der Waals surface area (Å²) in [5.74, 6) is -0.913. The van der Waals surface area contributed by atoms with Crippen LogP contribution in [0.25, 0.3) is 0 Å². The summed E-state index contributed by atoms with van der Waals surface area (Å²) in [4.78, 5) is 25.7. The average Bonchev–Trinajstić information content (AvgIpc) is 2.56. The normalized spacial score (nSPS) is 17.0. The second-order valence-corrected chi connectivity index (χ2v) is 8.94. The Labute approximate surface area is 159 Å². The molecule has 1 aliphatic rings. The molecule has 1 fully saturated rings. The van der Waals surface area contributed by atoms with Crippen molar-refractivity contribution in [3.63, 3.8) is 0 Å². The second-order valence-electron chi connectivity index (χ2n) is 6.67. The lowest BCUT2D eigenvalue weighted by Crippen LogP contribution is -2.52. The number of rotatable bonds is 5. The molecular formula is C17H24ClN3O4S. The van der Waals surface area contributed by atoms with E-state index in [0.29, 0.717) is 36.6 Å². The van der Waals surface area contributed by atoms with Crippen LogP contribution in [0.2, 0.25) is 5.02 Å². The summed E-state index contributed by atoms with van der Waals surface area (Å²) in [6, 6.07) is 3.96. The van der Waals surface area contributed by atoms with Gasteiger partial charge in [0.25, 0.3) is 0 Å². The number of carbonyl (C=O) groups is 2. The maximum absolute atomic E-state index is 12.9. The molecule has 1 unspecified atom stereocenters. The molecule has 2 rings (SSSR count). The number of carbonyl (C=O) groups excluding carboxylic acids is 2. The Balaban J connectivity index is 2.24. The first-order valence-corrected chi connectivity index (χ1v) is 10.6. The van der Waals surface area contributed by atoms with E-state index in [4.69, 9.17) is 17.3 Å². The maximum atomic E-state index is 12.9. The van der Waals surface area contributed by atoms with Crippen LogP contribution < -0.4 is 10.0 Å². The molecule has 1 heterocycles. The van der Waals surface area contributed by atoms with Gasteiger partial charge in [0.1, 0.15) is 6.04 Å². The molecule has 7 nitrogen and oxygen atoms in total. The van der Waals surface area contributed by atoms with Crippen LogP contribution in [-0.2, 0) is 19.6 Å². The topological polar surface area (TPSA) is 101 Å². The molecule has 2 amide bonds. The highest BCUT2D eigenvalue weighted by atomic mass is 35.5. The number of hydrogen-bond donors (Lipinski definition) is 1. The van der Waals surface area contributed by atoms with Gasteiger partial charge in [0, 0.05) is 24.0 Å². The molecule has 1 aromatic rings. The number of amides is 2. The van der Waals surface area contributed by atoms with Crippen molar-refractivity contribution in [3.8, 4) is 0 Å². The fourth-order valence-electron chi connectivity index (χ4n) is 3.17. The number of halogens is 1. The smallest absolute Gasteiger partial charge is 0.246 e. The van der Waals surface area contributed by atoms with Gasteiger partial charge in [-0.1, -0.05) is 17.7 Å². The van der Waals surface area contributed by atoms with Crippen molar-refractivity contribution in [3.05, 3.63) is 28.8 Å². The number of primary amides is 1. The summed E-state index contributed by atoms with van der Waals surface area (Å²) in [7, 11) is -3.70. The van der Waals surface area contributed by atoms with E-state index < -0.39 is 16.1 Å². The summed E-state index contributed by atoms with van der Waals surface area (Å²) in [5.41, 5.74) is 6.47. The van der Waals surface area contributed by atoms with Gasteiger partial charge in [-0.3, -0.25) is 13.9 Å². The first kappa shape index (κ1) is 20.5. The Morgan fingerprint density at radius 1 is 1.31 bits per heavy atom. The summed E-state index contributed by atoms with van der Waals surface area (Å²) in [6.45, 7) is 4.12. The highest BCUT2D eigenvalue weighted by Crippen LogP contribution is 2.28. The third-order valence-electron chi connectivity index (χ3n) is 4.69. The van der Waals surface area contributed by atoms with E-state index in [1.54, 1.807) is 30.0 Å². The summed E-state index contributed by atoms with van der Waals surface area (Å²) in [5, 5.41) is 0.429. The van der Waals surface area contributed by atoms with Gasteiger partial charge in [-0.25, -0.2) is 8.42 Å². The van der Waals surface area contributed by atoms with E-state index in [2.05, 4.69) is 0 Å². The van der Waals surface area contributed by atoms with Gasteiger partial charge in [0.2, 0.25) is 21.8 Å². The molecule has 0 radical (unpaired) electrons. The molecule has 26 heavy (non-hydrogen) atoms. The largest absolute Gasteiger partial charge is 0.369 e. The summed E-state index contributed by atoms with van der Waals surface area (Å²) in [6.07, 6.45) is 2.04. The molecule has 9 heteroatoms. The Morgan fingerprint density at radius 2 is 1.88 bits per heavy atom. The van der Waals surface area contributed by atoms with Gasteiger partial charge < -0.3 is 10.6 Å². The monoisotopic (exact) mass is 401 g/mol. The Hall–Kier alpha value is -1.80. The third kappa shape index (κ3) is 4.48. The zero-order chi connectivity index (χ0) is 19.6. The maximum Gasteiger partial charge on any atom is 0.246 e. The first-order valence-electron chi connectivity index (χ1n) is 8.36. The first-order chi connectivity index (χ1) is 12.0. The van der Waals surface area contributed by atoms with E-state index in [-0.39, 0.29) is 17.7 Å². The van der Waals surface area contributed by atoms with Crippen molar-refractivity contribution < 1.29 is 18.0 Å². The van der Waals surface area contributed by atoms with Crippen LogP contribution >= 0.6 is 11.6 Å². The zero-order valence-electron chi connectivity index (χ0n) is 15.1. The molecule has 1 aliphatic heterocycles. The minimum Gasteiger partial charge on any atom is -0.369 e. The van der Waals surface area contributed by atoms with Crippen molar-refractivity contribution in [2.45, 2.75) is 32.7 Å². The van der Waals surface area contributed by atoms with Crippen molar-refractivity contribution in [2.75, 3.05) is 23.7 Å². The number of piperidine rings is 1. The summed E-state index contributed by atoms with van der Waals surface area (Å²) < 4.78 is 25.8. The number of likely N-dealkylation sites (tertiary alicyclic amines) is 1. The second kappa shape index (κ2) is 7.84. The van der Waals surface area contributed by atoms with Crippen LogP contribution in [0.4, 0.5) is 5.69 Å². The van der Waals surface area contributed by atoms with Gasteiger partial charge in [-0.2, -0.15) is 0 Å². The molecule has 0 saturated carbocycles. The molecular weight excluding hydrogens is 378 g/mol. The number of sulfonamides is 1. The Kier molecular flexibility index (Phi) is 6.18. The van der Waals surface area contributed by atoms with Crippen molar-refractivity contribution >= 4 is 39.1 Å². The summed E-state index contributed by atoms with van der Waals surface area (Å²) >= 11 is 6.13. The number of anilines is 1. The van der Waals surface area contributed by atoms with Crippen LogP contribution in [0.5, 0.6) is 0 Å². The van der Waals surface area contributed by atoms with Gasteiger partial charge in [0.05, 0.1) is 11.9 Å². The standard InChI is InChI=1S/C17H24ClN3O4S/c1-11-4-5-14(10-15(11)18)21(26(3,24)25)12(2)17(23)20-8-6-13(7-9-20)16(19)22/h4-5,10,12-13H,6-9H2,1-3H3,(H2,19,22). The van der Waals surface area contributed by atoms with E-state index >= 15 is 0 Å². The highest BCUT2D eigenvalue weighted by molar-refractivity contribution is 7.92. The average molecular weight is 402 g/mol. The lowest BCUT2D eigenvalue weighted by Gasteiger charge is -2.36. The predicted octanol–water partition coefficient (Wildman–Crippen LogP) is 1.53. The molecule has 0 aromatic heterocycles. The SMILES string of the molecule is Cc1ccc(N(C(C)C(=O)N2CCC(C(N)=O)CC2)S(C)(=O)=O)cc1Cl. The molecule has 144 valence electrons. The van der Waals surface area contributed by atoms with Crippen LogP contribution in [0, 0.1) is 12.8 Å². The quantitative estimate of drug-likeness (QED) is 0.808. The van der Waals surface area contributed by atoms with Gasteiger partial charge in [0.15, 0.2) is 0 Å². The molecule has 1 aromatic carbocycles. The number of hydrogen-bond acceptors (Lipinski definition) is 4. The number of benzene rings is 1. The number of nitrogens with zero attached hydrogens (tertiary/aromatic N) is 2. The van der Waals surface area contributed by atoms with E-state index in [1.165, 1.54) is 0 Å². The molecule has 1 saturated heterocycles. The van der Waals surface area contributed by atoms with E-state index in [9.17, 15) is 18.0 Å². The van der Waals surface area contributed by atoms with Crippen LogP contribution in [0.1, 0.15) is 25.3 Å². The minimum atomic E-state index is -3.70. The number of aryl methyl sites for hydroxylation is 1. The third-order valence-corrected chi connectivity index (χ3v) is 6.33. The molecule has 1 atom stereocenters. The van der Waals surface area contributed by atoms with E-state index in [0.717, 1.165) is 16.1 Å². The fourth-order valence-corrected chi connectivity index (χ4v) is 4.51.